The zero-order valence-corrected chi connectivity index (χ0v) is 14.5. The van der Waals surface area contributed by atoms with Crippen molar-refractivity contribution >= 4 is 17.7 Å². The number of hydrogen-bond acceptors (Lipinski definition) is 4. The number of carbonyl (C=O) groups excluding carboxylic acids is 1. The number of carbonyl (C=O) groups is 1. The lowest BCUT2D eigenvalue weighted by atomic mass is 9.98. The van der Waals surface area contributed by atoms with E-state index in [1.807, 2.05) is 18.1 Å². The van der Waals surface area contributed by atoms with Crippen LogP contribution in [0.2, 0.25) is 0 Å². The van der Waals surface area contributed by atoms with Crippen molar-refractivity contribution in [2.75, 3.05) is 19.3 Å². The van der Waals surface area contributed by atoms with E-state index in [-0.39, 0.29) is 11.8 Å². The highest BCUT2D eigenvalue weighted by Gasteiger charge is 2.26. The fraction of sp³-hybridized carbons (Fsp3) is 0.688. The number of likely N-dealkylation sites (tertiary alicyclic amines) is 1. The predicted molar refractivity (Wildman–Crippen MR) is 86.9 cm³/mol. The smallest absolute Gasteiger partial charge is 0.258 e. The maximum atomic E-state index is 12.8. The van der Waals surface area contributed by atoms with Gasteiger partial charge in [-0.3, -0.25) is 4.79 Å². The van der Waals surface area contributed by atoms with Crippen molar-refractivity contribution in [3.63, 3.8) is 0 Å². The third-order valence-corrected chi connectivity index (χ3v) is 4.75. The fourth-order valence-electron chi connectivity index (χ4n) is 2.59. The molecule has 116 valence electrons. The monoisotopic (exact) mass is 307 g/mol. The van der Waals surface area contributed by atoms with Gasteiger partial charge in [-0.1, -0.05) is 20.8 Å². The quantitative estimate of drug-likeness (QED) is 0.633. The van der Waals surface area contributed by atoms with Crippen LogP contribution in [0.3, 0.4) is 0 Å². The first kappa shape index (κ1) is 16.3. The van der Waals surface area contributed by atoms with Gasteiger partial charge in [-0.2, -0.15) is 0 Å². The first-order valence-electron chi connectivity index (χ1n) is 7.65. The molecule has 0 radical (unpaired) electrons. The van der Waals surface area contributed by atoms with Gasteiger partial charge in [-0.05, 0) is 31.9 Å². The second kappa shape index (κ2) is 6.77. The summed E-state index contributed by atoms with van der Waals surface area (Å²) in [5.74, 6) is 1.91. The van der Waals surface area contributed by atoms with Gasteiger partial charge in [0, 0.05) is 19.0 Å². The molecule has 2 heterocycles. The molecule has 1 aliphatic heterocycles. The SMILES string of the molecule is CSc1nc(C(C)C)nc(C)c1C(=O)N1CCC(C)CC1. The fourth-order valence-corrected chi connectivity index (χ4v) is 3.21. The summed E-state index contributed by atoms with van der Waals surface area (Å²) in [6.45, 7) is 10.0. The molecule has 0 aliphatic carbocycles. The molecule has 0 atom stereocenters. The van der Waals surface area contributed by atoms with Gasteiger partial charge in [0.1, 0.15) is 10.9 Å². The molecule has 1 aromatic rings. The van der Waals surface area contributed by atoms with Crippen molar-refractivity contribution in [1.29, 1.82) is 0 Å². The molecule has 0 bridgehead atoms. The number of hydrogen-bond donors (Lipinski definition) is 0. The second-order valence-corrected chi connectivity index (χ2v) is 6.98. The summed E-state index contributed by atoms with van der Waals surface area (Å²) in [5, 5.41) is 0.815. The van der Waals surface area contributed by atoms with Crippen LogP contribution in [-0.4, -0.2) is 40.1 Å². The summed E-state index contributed by atoms with van der Waals surface area (Å²) in [7, 11) is 0. The molecule has 1 aliphatic rings. The standard InChI is InChI=1S/C16H25N3OS/c1-10(2)14-17-12(4)13(15(18-14)21-5)16(20)19-8-6-11(3)7-9-19/h10-11H,6-9H2,1-5H3. The summed E-state index contributed by atoms with van der Waals surface area (Å²) in [5.41, 5.74) is 1.50. The van der Waals surface area contributed by atoms with E-state index in [1.165, 1.54) is 11.8 Å². The van der Waals surface area contributed by atoms with Gasteiger partial charge in [0.15, 0.2) is 0 Å². The molecule has 5 heteroatoms. The molecule has 1 aromatic heterocycles. The van der Waals surface area contributed by atoms with E-state index in [0.717, 1.165) is 48.4 Å². The minimum absolute atomic E-state index is 0.0963. The van der Waals surface area contributed by atoms with Crippen LogP contribution in [0.4, 0.5) is 0 Å². The maximum absolute atomic E-state index is 12.8. The Balaban J connectivity index is 2.32. The van der Waals surface area contributed by atoms with E-state index >= 15 is 0 Å². The van der Waals surface area contributed by atoms with Crippen molar-refractivity contribution in [3.05, 3.63) is 17.1 Å². The van der Waals surface area contributed by atoms with Gasteiger partial charge in [0.2, 0.25) is 0 Å². The van der Waals surface area contributed by atoms with Gasteiger partial charge in [-0.25, -0.2) is 9.97 Å². The largest absolute Gasteiger partial charge is 0.338 e. The third-order valence-electron chi connectivity index (χ3n) is 4.07. The Labute approximate surface area is 131 Å². The molecule has 1 fully saturated rings. The highest BCUT2D eigenvalue weighted by atomic mass is 32.2. The molecule has 1 amide bonds. The average Bonchev–Trinajstić information content (AvgIpc) is 2.46. The molecule has 0 saturated carbocycles. The van der Waals surface area contributed by atoms with Gasteiger partial charge in [0.05, 0.1) is 11.3 Å². The lowest BCUT2D eigenvalue weighted by Gasteiger charge is -2.31. The highest BCUT2D eigenvalue weighted by Crippen LogP contribution is 2.26. The van der Waals surface area contributed by atoms with Crippen LogP contribution >= 0.6 is 11.8 Å². The zero-order chi connectivity index (χ0) is 15.6. The van der Waals surface area contributed by atoms with Crippen molar-refractivity contribution in [3.8, 4) is 0 Å². The van der Waals surface area contributed by atoms with Crippen LogP contribution in [0.25, 0.3) is 0 Å². The summed E-state index contributed by atoms with van der Waals surface area (Å²) < 4.78 is 0. The zero-order valence-electron chi connectivity index (χ0n) is 13.6. The van der Waals surface area contributed by atoms with Crippen LogP contribution in [0.5, 0.6) is 0 Å². The average molecular weight is 307 g/mol. The Hall–Kier alpha value is -1.10. The van der Waals surface area contributed by atoms with Gasteiger partial charge in [0.25, 0.3) is 5.91 Å². The first-order valence-corrected chi connectivity index (χ1v) is 8.88. The predicted octanol–water partition coefficient (Wildman–Crippen LogP) is 3.50. The molecule has 4 nitrogen and oxygen atoms in total. The minimum atomic E-state index is 0.0963. The molecule has 21 heavy (non-hydrogen) atoms. The normalized spacial score (nSPS) is 16.6. The summed E-state index contributed by atoms with van der Waals surface area (Å²) >= 11 is 1.54. The molecule has 0 N–H and O–H groups in total. The third kappa shape index (κ3) is 3.57. The first-order chi connectivity index (χ1) is 9.93. The lowest BCUT2D eigenvalue weighted by Crippen LogP contribution is -2.38. The van der Waals surface area contributed by atoms with E-state index in [4.69, 9.17) is 0 Å². The molecule has 2 rings (SSSR count). The molecule has 0 unspecified atom stereocenters. The Morgan fingerprint density at radius 1 is 1.29 bits per heavy atom. The summed E-state index contributed by atoms with van der Waals surface area (Å²) in [6, 6.07) is 0. The molecule has 1 saturated heterocycles. The number of aromatic nitrogens is 2. The molecule has 0 aromatic carbocycles. The van der Waals surface area contributed by atoms with Gasteiger partial charge < -0.3 is 4.90 Å². The number of aryl methyl sites for hydroxylation is 1. The van der Waals surface area contributed by atoms with Crippen LogP contribution in [-0.2, 0) is 0 Å². The van der Waals surface area contributed by atoms with E-state index in [2.05, 4.69) is 30.7 Å². The van der Waals surface area contributed by atoms with E-state index in [9.17, 15) is 4.79 Å². The number of piperidine rings is 1. The number of thioether (sulfide) groups is 1. The number of amides is 1. The lowest BCUT2D eigenvalue weighted by molar-refractivity contribution is 0.0691. The molecular weight excluding hydrogens is 282 g/mol. The van der Waals surface area contributed by atoms with Gasteiger partial charge in [-0.15, -0.1) is 11.8 Å². The molecular formula is C16H25N3OS. The highest BCUT2D eigenvalue weighted by molar-refractivity contribution is 7.98. The van der Waals surface area contributed by atoms with E-state index in [1.54, 1.807) is 0 Å². The van der Waals surface area contributed by atoms with Crippen LogP contribution in [0, 0.1) is 12.8 Å². The van der Waals surface area contributed by atoms with Gasteiger partial charge >= 0.3 is 0 Å². The number of nitrogens with zero attached hydrogens (tertiary/aromatic N) is 3. The Morgan fingerprint density at radius 3 is 2.43 bits per heavy atom. The number of rotatable bonds is 3. The second-order valence-electron chi connectivity index (χ2n) is 6.18. The van der Waals surface area contributed by atoms with Crippen molar-refractivity contribution in [2.24, 2.45) is 5.92 Å². The minimum Gasteiger partial charge on any atom is -0.338 e. The summed E-state index contributed by atoms with van der Waals surface area (Å²) in [6.07, 6.45) is 4.15. The van der Waals surface area contributed by atoms with Crippen molar-refractivity contribution in [1.82, 2.24) is 14.9 Å². The molecule has 0 spiro atoms. The Morgan fingerprint density at radius 2 is 1.90 bits per heavy atom. The Bertz CT molecular complexity index is 522. The van der Waals surface area contributed by atoms with E-state index in [0.29, 0.717) is 5.56 Å². The summed E-state index contributed by atoms with van der Waals surface area (Å²) in [4.78, 5) is 23.9. The Kier molecular flexibility index (Phi) is 5.25. The topological polar surface area (TPSA) is 46.1 Å². The van der Waals surface area contributed by atoms with Crippen LogP contribution < -0.4 is 0 Å². The van der Waals surface area contributed by atoms with Crippen LogP contribution in [0.1, 0.15) is 61.4 Å². The maximum Gasteiger partial charge on any atom is 0.258 e. The van der Waals surface area contributed by atoms with E-state index < -0.39 is 0 Å². The van der Waals surface area contributed by atoms with Crippen molar-refractivity contribution in [2.45, 2.75) is 51.5 Å². The van der Waals surface area contributed by atoms with Crippen molar-refractivity contribution < 1.29 is 4.79 Å². The van der Waals surface area contributed by atoms with Crippen LogP contribution in [0.15, 0.2) is 5.03 Å².